The maximum absolute atomic E-state index is 6.47. The average Bonchev–Trinajstić information content (AvgIpc) is 2.84. The van der Waals surface area contributed by atoms with Gasteiger partial charge in [0.05, 0.1) is 5.38 Å². The van der Waals surface area contributed by atoms with Gasteiger partial charge >= 0.3 is 0 Å². The van der Waals surface area contributed by atoms with Crippen LogP contribution in [0, 0.1) is 13.8 Å². The Balaban J connectivity index is 2.31. The Kier molecular flexibility index (Phi) is 3.41. The van der Waals surface area contributed by atoms with E-state index in [9.17, 15) is 0 Å². The van der Waals surface area contributed by atoms with Crippen LogP contribution in [0.15, 0.2) is 22.6 Å². The number of hydrogen-bond donors (Lipinski definition) is 0. The average molecular weight is 255 g/mol. The zero-order valence-corrected chi connectivity index (χ0v) is 11.3. The van der Waals surface area contributed by atoms with E-state index in [4.69, 9.17) is 16.0 Å². The summed E-state index contributed by atoms with van der Waals surface area (Å²) in [5.41, 5.74) is 1.09. The third kappa shape index (κ3) is 2.18. The van der Waals surface area contributed by atoms with Gasteiger partial charge in [-0.3, -0.25) is 0 Å². The van der Waals surface area contributed by atoms with Crippen molar-refractivity contribution in [3.63, 3.8) is 0 Å². The van der Waals surface area contributed by atoms with Gasteiger partial charge in [-0.25, -0.2) is 0 Å². The van der Waals surface area contributed by atoms with E-state index >= 15 is 0 Å². The minimum Gasteiger partial charge on any atom is -0.466 e. The predicted octanol–water partition coefficient (Wildman–Crippen LogP) is 4.85. The van der Waals surface area contributed by atoms with Crippen LogP contribution >= 0.6 is 22.9 Å². The fourth-order valence-corrected chi connectivity index (χ4v) is 3.15. The molecule has 1 unspecified atom stereocenters. The largest absolute Gasteiger partial charge is 0.466 e. The second-order valence-corrected chi connectivity index (χ2v) is 5.53. The van der Waals surface area contributed by atoms with E-state index in [1.165, 1.54) is 9.75 Å². The summed E-state index contributed by atoms with van der Waals surface area (Å²) >= 11 is 8.25. The monoisotopic (exact) mass is 254 g/mol. The minimum atomic E-state index is -0.0808. The van der Waals surface area contributed by atoms with Gasteiger partial charge in [-0.05, 0) is 38.5 Å². The molecule has 16 heavy (non-hydrogen) atoms. The summed E-state index contributed by atoms with van der Waals surface area (Å²) < 4.78 is 5.51. The molecule has 2 heterocycles. The molecule has 0 fully saturated rings. The molecule has 0 spiro atoms. The SMILES string of the molecule is CCc1ccc(C(Cl)c2cc(C)oc2C)s1. The molecule has 0 bridgehead atoms. The molecular formula is C13H15ClOS. The van der Waals surface area contributed by atoms with E-state index in [0.29, 0.717) is 0 Å². The highest BCUT2D eigenvalue weighted by Crippen LogP contribution is 2.36. The van der Waals surface area contributed by atoms with Crippen molar-refractivity contribution in [1.29, 1.82) is 0 Å². The van der Waals surface area contributed by atoms with E-state index < -0.39 is 0 Å². The molecule has 0 radical (unpaired) electrons. The number of hydrogen-bond acceptors (Lipinski definition) is 2. The number of furan rings is 1. The lowest BCUT2D eigenvalue weighted by atomic mass is 10.1. The Morgan fingerprint density at radius 2 is 2.12 bits per heavy atom. The highest BCUT2D eigenvalue weighted by Gasteiger charge is 2.18. The maximum Gasteiger partial charge on any atom is 0.106 e. The lowest BCUT2D eigenvalue weighted by Gasteiger charge is -2.05. The van der Waals surface area contributed by atoms with Gasteiger partial charge in [-0.15, -0.1) is 22.9 Å². The van der Waals surface area contributed by atoms with Gasteiger partial charge in [0, 0.05) is 15.3 Å². The summed E-state index contributed by atoms with van der Waals surface area (Å²) in [6, 6.07) is 6.29. The molecule has 0 aliphatic rings. The van der Waals surface area contributed by atoms with Gasteiger partial charge in [0.1, 0.15) is 11.5 Å². The van der Waals surface area contributed by atoms with Crippen molar-refractivity contribution in [2.45, 2.75) is 32.6 Å². The second-order valence-electron chi connectivity index (χ2n) is 3.89. The van der Waals surface area contributed by atoms with Crippen LogP contribution in [0.25, 0.3) is 0 Å². The van der Waals surface area contributed by atoms with Gasteiger partial charge in [-0.2, -0.15) is 0 Å². The van der Waals surface area contributed by atoms with Gasteiger partial charge < -0.3 is 4.42 Å². The van der Waals surface area contributed by atoms with E-state index in [1.807, 2.05) is 19.9 Å². The first-order valence-corrected chi connectivity index (χ1v) is 6.66. The molecule has 1 atom stereocenters. The summed E-state index contributed by atoms with van der Waals surface area (Å²) in [5.74, 6) is 1.84. The highest BCUT2D eigenvalue weighted by atomic mass is 35.5. The van der Waals surface area contributed by atoms with Crippen molar-refractivity contribution in [3.8, 4) is 0 Å². The van der Waals surface area contributed by atoms with E-state index in [2.05, 4.69) is 19.1 Å². The molecule has 0 N–H and O–H groups in total. The Bertz CT molecular complexity index is 484. The molecule has 0 aliphatic carbocycles. The summed E-state index contributed by atoms with van der Waals surface area (Å²) in [6.45, 7) is 6.07. The number of aryl methyl sites for hydroxylation is 3. The zero-order chi connectivity index (χ0) is 11.7. The number of alkyl halides is 1. The quantitative estimate of drug-likeness (QED) is 0.714. The highest BCUT2D eigenvalue weighted by molar-refractivity contribution is 7.12. The molecule has 86 valence electrons. The van der Waals surface area contributed by atoms with Crippen LogP contribution in [0.3, 0.4) is 0 Å². The molecular weight excluding hydrogens is 240 g/mol. The summed E-state index contributed by atoms with van der Waals surface area (Å²) in [4.78, 5) is 2.57. The molecule has 0 saturated carbocycles. The fraction of sp³-hybridized carbons (Fsp3) is 0.385. The normalized spacial score (nSPS) is 13.0. The molecule has 0 aromatic carbocycles. The van der Waals surface area contributed by atoms with Crippen molar-refractivity contribution >= 4 is 22.9 Å². The first-order valence-electron chi connectivity index (χ1n) is 5.41. The maximum atomic E-state index is 6.47. The molecule has 1 nitrogen and oxygen atoms in total. The molecule has 2 aromatic heterocycles. The fourth-order valence-electron chi connectivity index (χ4n) is 1.78. The summed E-state index contributed by atoms with van der Waals surface area (Å²) in [6.07, 6.45) is 1.07. The number of halogens is 1. The Morgan fingerprint density at radius 3 is 2.62 bits per heavy atom. The lowest BCUT2D eigenvalue weighted by Crippen LogP contribution is -1.89. The van der Waals surface area contributed by atoms with Gasteiger partial charge in [0.15, 0.2) is 0 Å². The number of rotatable bonds is 3. The van der Waals surface area contributed by atoms with Crippen LogP contribution in [-0.2, 0) is 6.42 Å². The minimum absolute atomic E-state index is 0.0808. The molecule has 0 aliphatic heterocycles. The molecule has 2 rings (SSSR count). The van der Waals surface area contributed by atoms with Crippen molar-refractivity contribution in [2.75, 3.05) is 0 Å². The standard InChI is InChI=1S/C13H15ClOS/c1-4-10-5-6-12(16-10)13(14)11-7-8(2)15-9(11)3/h5-7,13H,4H2,1-3H3. The van der Waals surface area contributed by atoms with Crippen molar-refractivity contribution < 1.29 is 4.42 Å². The molecule has 0 amide bonds. The smallest absolute Gasteiger partial charge is 0.106 e. The van der Waals surface area contributed by atoms with Crippen LogP contribution < -0.4 is 0 Å². The summed E-state index contributed by atoms with van der Waals surface area (Å²) in [7, 11) is 0. The van der Waals surface area contributed by atoms with Gasteiger partial charge in [-0.1, -0.05) is 6.92 Å². The van der Waals surface area contributed by atoms with E-state index in [-0.39, 0.29) is 5.38 Å². The molecule has 3 heteroatoms. The van der Waals surface area contributed by atoms with Crippen LogP contribution in [0.5, 0.6) is 0 Å². The van der Waals surface area contributed by atoms with Crippen LogP contribution in [0.2, 0.25) is 0 Å². The predicted molar refractivity (Wildman–Crippen MR) is 69.6 cm³/mol. The topological polar surface area (TPSA) is 13.1 Å². The van der Waals surface area contributed by atoms with Crippen molar-refractivity contribution in [2.24, 2.45) is 0 Å². The van der Waals surface area contributed by atoms with Gasteiger partial charge in [0.2, 0.25) is 0 Å². The van der Waals surface area contributed by atoms with Gasteiger partial charge in [0.25, 0.3) is 0 Å². The third-order valence-electron chi connectivity index (χ3n) is 2.63. The van der Waals surface area contributed by atoms with Crippen LogP contribution in [0.1, 0.15) is 39.1 Å². The zero-order valence-electron chi connectivity index (χ0n) is 9.71. The molecule has 2 aromatic rings. The van der Waals surface area contributed by atoms with Crippen LogP contribution in [0.4, 0.5) is 0 Å². The Morgan fingerprint density at radius 1 is 1.38 bits per heavy atom. The second kappa shape index (κ2) is 4.64. The van der Waals surface area contributed by atoms with Crippen LogP contribution in [-0.4, -0.2) is 0 Å². The van der Waals surface area contributed by atoms with Crippen molar-refractivity contribution in [1.82, 2.24) is 0 Å². The Labute approximate surface area is 105 Å². The summed E-state index contributed by atoms with van der Waals surface area (Å²) in [5, 5.41) is -0.0808. The van der Waals surface area contributed by atoms with Crippen molar-refractivity contribution in [3.05, 3.63) is 45.0 Å². The number of thiophene rings is 1. The van der Waals surface area contributed by atoms with E-state index in [1.54, 1.807) is 11.3 Å². The first kappa shape index (κ1) is 11.7. The lowest BCUT2D eigenvalue weighted by molar-refractivity contribution is 0.501. The van der Waals surface area contributed by atoms with E-state index in [0.717, 1.165) is 23.5 Å². The first-order chi connectivity index (χ1) is 7.61. The molecule has 0 saturated heterocycles. The third-order valence-corrected chi connectivity index (χ3v) is 4.53. The Hall–Kier alpha value is -0.730.